The van der Waals surface area contributed by atoms with Crippen molar-refractivity contribution in [2.45, 2.75) is 37.3 Å². The number of carbonyl (C=O) groups is 3. The summed E-state index contributed by atoms with van der Waals surface area (Å²) in [6, 6.07) is 17.4. The summed E-state index contributed by atoms with van der Waals surface area (Å²) in [4.78, 5) is 52.5. The number of ether oxygens (including phenoxy) is 3. The molecule has 2 atom stereocenters. The molecule has 1 heterocycles. The lowest BCUT2D eigenvalue weighted by molar-refractivity contribution is -0.386. The third-order valence-electron chi connectivity index (χ3n) is 6.94. The number of para-hydroxylation sites is 1. The van der Waals surface area contributed by atoms with Gasteiger partial charge < -0.3 is 14.2 Å². The maximum atomic E-state index is 13.9. The lowest BCUT2D eigenvalue weighted by Crippen LogP contribution is -2.56. The van der Waals surface area contributed by atoms with Gasteiger partial charge in [0.05, 0.1) is 31.3 Å². The second kappa shape index (κ2) is 10.6. The minimum Gasteiger partial charge on any atom is -0.468 e. The van der Waals surface area contributed by atoms with Gasteiger partial charge in [0, 0.05) is 18.1 Å². The summed E-state index contributed by atoms with van der Waals surface area (Å²) < 4.78 is 15.9. The molecule has 198 valence electrons. The second-order valence-corrected chi connectivity index (χ2v) is 8.91. The number of hydrogen-bond acceptors (Lipinski definition) is 9. The van der Waals surface area contributed by atoms with E-state index in [4.69, 9.17) is 14.2 Å². The topological polar surface area (TPSA) is 134 Å². The van der Waals surface area contributed by atoms with Gasteiger partial charge in [0.2, 0.25) is 5.54 Å². The van der Waals surface area contributed by atoms with Crippen molar-refractivity contribution in [2.75, 3.05) is 20.3 Å². The first-order valence-corrected chi connectivity index (χ1v) is 12.2. The number of nitro benzene ring substituents is 1. The number of fused-ring (bicyclic) bond motifs is 1. The maximum absolute atomic E-state index is 13.9. The largest absolute Gasteiger partial charge is 0.468 e. The molecule has 4 rings (SSSR count). The molecule has 10 nitrogen and oxygen atoms in total. The van der Waals surface area contributed by atoms with Crippen LogP contribution in [-0.2, 0) is 34.0 Å². The van der Waals surface area contributed by atoms with Crippen molar-refractivity contribution >= 4 is 34.4 Å². The highest BCUT2D eigenvalue weighted by Gasteiger charge is 2.69. The van der Waals surface area contributed by atoms with Crippen molar-refractivity contribution in [1.29, 1.82) is 0 Å². The van der Waals surface area contributed by atoms with Crippen LogP contribution in [0.2, 0.25) is 0 Å². The lowest BCUT2D eigenvalue weighted by Gasteiger charge is -2.33. The first-order valence-electron chi connectivity index (χ1n) is 12.2. The fourth-order valence-electron chi connectivity index (χ4n) is 5.38. The van der Waals surface area contributed by atoms with Crippen molar-refractivity contribution in [1.82, 2.24) is 5.32 Å². The van der Waals surface area contributed by atoms with Gasteiger partial charge in [0.25, 0.3) is 5.69 Å². The molecule has 0 spiro atoms. The Morgan fingerprint density at radius 3 is 2.16 bits per heavy atom. The van der Waals surface area contributed by atoms with Crippen molar-refractivity contribution < 1.29 is 33.5 Å². The summed E-state index contributed by atoms with van der Waals surface area (Å²) >= 11 is 0. The maximum Gasteiger partial charge on any atom is 0.338 e. The third-order valence-corrected chi connectivity index (χ3v) is 6.94. The van der Waals surface area contributed by atoms with Crippen LogP contribution in [0.25, 0.3) is 10.8 Å². The monoisotopic (exact) mass is 520 g/mol. The lowest BCUT2D eigenvalue weighted by atomic mass is 9.68. The minimum atomic E-state index is -2.15. The Hall–Kier alpha value is -4.31. The van der Waals surface area contributed by atoms with Crippen molar-refractivity contribution in [3.8, 4) is 0 Å². The molecule has 1 aliphatic rings. The minimum absolute atomic E-state index is 0.00208. The van der Waals surface area contributed by atoms with E-state index in [0.29, 0.717) is 5.56 Å². The van der Waals surface area contributed by atoms with Gasteiger partial charge in [-0.2, -0.15) is 0 Å². The quantitative estimate of drug-likeness (QED) is 0.155. The zero-order valence-electron chi connectivity index (χ0n) is 21.3. The van der Waals surface area contributed by atoms with Gasteiger partial charge in [0.1, 0.15) is 5.41 Å². The summed E-state index contributed by atoms with van der Waals surface area (Å²) in [5.74, 6) is -2.76. The van der Waals surface area contributed by atoms with E-state index in [-0.39, 0.29) is 24.5 Å². The molecule has 10 heteroatoms. The predicted molar refractivity (Wildman–Crippen MR) is 137 cm³/mol. The standard InChI is InChI=1S/C28H28N2O8/c1-4-37-25(32)28(26(33)38-5-2)17-27(24(31)36-3,21-15-8-9-16-22(21)30(34)35)23(29-28)20-14-10-12-18-11-6-7-13-19(18)20/h6-16,23,29H,4-5,17H2,1-3H3/t23-,27+/m1/s1. The smallest absolute Gasteiger partial charge is 0.338 e. The molecule has 0 bridgehead atoms. The Kier molecular flexibility index (Phi) is 7.45. The molecule has 0 amide bonds. The highest BCUT2D eigenvalue weighted by atomic mass is 16.6. The molecule has 1 aliphatic heterocycles. The van der Waals surface area contributed by atoms with Gasteiger partial charge in [-0.25, -0.2) is 9.59 Å². The normalized spacial score (nSPS) is 20.0. The Labute approximate surface area is 219 Å². The van der Waals surface area contributed by atoms with Crippen LogP contribution in [-0.4, -0.2) is 48.7 Å². The van der Waals surface area contributed by atoms with Gasteiger partial charge in [0.15, 0.2) is 0 Å². The summed E-state index contributed by atoms with van der Waals surface area (Å²) in [5.41, 5.74) is -3.85. The van der Waals surface area contributed by atoms with Crippen LogP contribution in [0.3, 0.4) is 0 Å². The summed E-state index contributed by atoms with van der Waals surface area (Å²) in [6.07, 6.45) is -0.525. The summed E-state index contributed by atoms with van der Waals surface area (Å²) in [6.45, 7) is 3.08. The Morgan fingerprint density at radius 1 is 0.921 bits per heavy atom. The van der Waals surface area contributed by atoms with Crippen LogP contribution in [0.1, 0.15) is 37.4 Å². The molecule has 0 aliphatic carbocycles. The summed E-state index contributed by atoms with van der Waals surface area (Å²) in [5, 5.41) is 16.8. The predicted octanol–water partition coefficient (Wildman–Crippen LogP) is 3.76. The fraction of sp³-hybridized carbons (Fsp3) is 0.321. The van der Waals surface area contributed by atoms with E-state index in [1.54, 1.807) is 32.0 Å². The van der Waals surface area contributed by atoms with Crippen LogP contribution in [0, 0.1) is 10.1 Å². The fourth-order valence-corrected chi connectivity index (χ4v) is 5.38. The summed E-state index contributed by atoms with van der Waals surface area (Å²) in [7, 11) is 1.16. The van der Waals surface area contributed by atoms with Crippen LogP contribution in [0.5, 0.6) is 0 Å². The highest BCUT2D eigenvalue weighted by Crippen LogP contribution is 2.54. The average Bonchev–Trinajstić information content (AvgIpc) is 3.31. The molecular weight excluding hydrogens is 492 g/mol. The van der Waals surface area contributed by atoms with Gasteiger partial charge in [-0.05, 0) is 30.2 Å². The molecule has 1 N–H and O–H groups in total. The van der Waals surface area contributed by atoms with Gasteiger partial charge in [-0.1, -0.05) is 60.7 Å². The van der Waals surface area contributed by atoms with Crippen molar-refractivity contribution in [3.05, 3.63) is 88.0 Å². The Bertz CT molecular complexity index is 1380. The molecule has 0 unspecified atom stereocenters. The Morgan fingerprint density at radius 2 is 1.53 bits per heavy atom. The van der Waals surface area contributed by atoms with Crippen LogP contribution >= 0.6 is 0 Å². The zero-order chi connectivity index (χ0) is 27.5. The molecule has 1 saturated heterocycles. The SMILES string of the molecule is CCOC(=O)C1(C(=O)OCC)C[C@](C(=O)OC)(c2ccccc2[N+](=O)[O-])[C@@H](c2cccc3ccccc23)N1. The van der Waals surface area contributed by atoms with Gasteiger partial charge >= 0.3 is 17.9 Å². The number of hydrogen-bond donors (Lipinski definition) is 1. The van der Waals surface area contributed by atoms with E-state index in [9.17, 15) is 24.5 Å². The van der Waals surface area contributed by atoms with Crippen LogP contribution in [0.4, 0.5) is 5.69 Å². The van der Waals surface area contributed by atoms with E-state index in [1.807, 2.05) is 30.3 Å². The number of methoxy groups -OCH3 is 1. The van der Waals surface area contributed by atoms with Crippen LogP contribution < -0.4 is 5.32 Å². The number of benzene rings is 3. The highest BCUT2D eigenvalue weighted by molar-refractivity contribution is 6.08. The molecular formula is C28H28N2O8. The molecule has 1 fully saturated rings. The number of esters is 3. The molecule has 0 saturated carbocycles. The number of nitro groups is 1. The average molecular weight is 521 g/mol. The van der Waals surface area contributed by atoms with Gasteiger partial charge in [-0.3, -0.25) is 20.2 Å². The van der Waals surface area contributed by atoms with E-state index in [1.165, 1.54) is 18.2 Å². The molecule has 0 aromatic heterocycles. The first-order chi connectivity index (χ1) is 18.3. The molecule has 38 heavy (non-hydrogen) atoms. The Balaban J connectivity index is 2.12. The number of nitrogens with zero attached hydrogens (tertiary/aromatic N) is 1. The number of nitrogens with one attached hydrogen (secondary N) is 1. The van der Waals surface area contributed by atoms with E-state index >= 15 is 0 Å². The third kappa shape index (κ3) is 4.16. The number of carbonyl (C=O) groups excluding carboxylic acids is 3. The second-order valence-electron chi connectivity index (χ2n) is 8.91. The molecule has 3 aromatic carbocycles. The zero-order valence-corrected chi connectivity index (χ0v) is 21.3. The van der Waals surface area contributed by atoms with E-state index < -0.39 is 46.2 Å². The van der Waals surface area contributed by atoms with Gasteiger partial charge in [-0.15, -0.1) is 0 Å². The first kappa shape index (κ1) is 26.7. The molecule has 0 radical (unpaired) electrons. The number of rotatable bonds is 8. The van der Waals surface area contributed by atoms with Crippen molar-refractivity contribution in [2.24, 2.45) is 0 Å². The molecule has 3 aromatic rings. The van der Waals surface area contributed by atoms with E-state index in [0.717, 1.165) is 17.9 Å². The van der Waals surface area contributed by atoms with Crippen LogP contribution in [0.15, 0.2) is 66.7 Å². The van der Waals surface area contributed by atoms with Crippen molar-refractivity contribution in [3.63, 3.8) is 0 Å². The van der Waals surface area contributed by atoms with E-state index in [2.05, 4.69) is 5.32 Å².